The predicted octanol–water partition coefficient (Wildman–Crippen LogP) is 4.90. The lowest BCUT2D eigenvalue weighted by molar-refractivity contribution is 0.925. The summed E-state index contributed by atoms with van der Waals surface area (Å²) in [5.41, 5.74) is 4.50. The minimum atomic E-state index is 0.698. The molecule has 27 heavy (non-hydrogen) atoms. The molecule has 0 amide bonds. The number of benzene rings is 3. The summed E-state index contributed by atoms with van der Waals surface area (Å²) in [6, 6.07) is 28.6. The molecule has 0 saturated carbocycles. The average Bonchev–Trinajstić information content (AvgIpc) is 3.19. The number of anilines is 2. The lowest BCUT2D eigenvalue weighted by Crippen LogP contribution is -2.17. The second-order valence-electron chi connectivity index (χ2n) is 6.55. The second kappa shape index (κ2) is 6.65. The molecule has 0 fully saturated rings. The zero-order valence-electron chi connectivity index (χ0n) is 14.8. The van der Waals surface area contributed by atoms with Gasteiger partial charge in [0.1, 0.15) is 0 Å². The molecule has 0 unspecified atom stereocenters. The van der Waals surface area contributed by atoms with Crippen LogP contribution >= 0.6 is 0 Å². The number of nitrogens with zero attached hydrogens (tertiary/aromatic N) is 4. The van der Waals surface area contributed by atoms with E-state index in [9.17, 15) is 0 Å². The fourth-order valence-corrected chi connectivity index (χ4v) is 3.46. The van der Waals surface area contributed by atoms with Crippen LogP contribution in [0.1, 0.15) is 5.56 Å². The topological polar surface area (TPSA) is 41.9 Å². The zero-order chi connectivity index (χ0) is 18.1. The highest BCUT2D eigenvalue weighted by molar-refractivity contribution is 5.69. The van der Waals surface area contributed by atoms with Crippen LogP contribution in [0.2, 0.25) is 0 Å². The molecule has 4 nitrogen and oxygen atoms in total. The Balaban J connectivity index is 1.67. The van der Waals surface area contributed by atoms with Gasteiger partial charge in [-0.3, -0.25) is 0 Å². The molecule has 130 valence electrons. The summed E-state index contributed by atoms with van der Waals surface area (Å²) in [4.78, 5) is 16.6. The Morgan fingerprint density at radius 3 is 1.78 bits per heavy atom. The standard InChI is InChI=1S/C23H18N4/c1-3-10-18(11-4-1)21-24-22(19-12-5-2-6-13-19)26-23(25-21)27-16-15-17-9-7-8-14-20(17)27/h1-14H,15-16H2. The lowest BCUT2D eigenvalue weighted by Gasteiger charge is -2.18. The summed E-state index contributed by atoms with van der Waals surface area (Å²) >= 11 is 0. The molecule has 0 radical (unpaired) electrons. The number of aromatic nitrogens is 3. The van der Waals surface area contributed by atoms with E-state index in [1.54, 1.807) is 0 Å². The first-order valence-electron chi connectivity index (χ1n) is 9.11. The molecule has 3 aromatic carbocycles. The highest BCUT2D eigenvalue weighted by Crippen LogP contribution is 2.33. The molecule has 0 atom stereocenters. The van der Waals surface area contributed by atoms with Gasteiger partial charge in [0.2, 0.25) is 5.95 Å². The Morgan fingerprint density at radius 2 is 1.15 bits per heavy atom. The molecule has 1 aliphatic rings. The molecule has 1 aliphatic heterocycles. The van der Waals surface area contributed by atoms with Crippen molar-refractivity contribution in [3.63, 3.8) is 0 Å². The van der Waals surface area contributed by atoms with E-state index in [4.69, 9.17) is 15.0 Å². The summed E-state index contributed by atoms with van der Waals surface area (Å²) in [6.07, 6.45) is 1.00. The van der Waals surface area contributed by atoms with Gasteiger partial charge in [-0.1, -0.05) is 78.9 Å². The smallest absolute Gasteiger partial charge is 0.234 e. The van der Waals surface area contributed by atoms with Crippen LogP contribution in [0, 0.1) is 0 Å². The van der Waals surface area contributed by atoms with Crippen molar-refractivity contribution in [2.75, 3.05) is 11.4 Å². The molecule has 4 heteroatoms. The van der Waals surface area contributed by atoms with E-state index in [2.05, 4.69) is 29.2 Å². The number of fused-ring (bicyclic) bond motifs is 1. The van der Waals surface area contributed by atoms with Crippen LogP contribution in [0.3, 0.4) is 0 Å². The molecule has 0 N–H and O–H groups in total. The van der Waals surface area contributed by atoms with E-state index < -0.39 is 0 Å². The monoisotopic (exact) mass is 350 g/mol. The molecule has 0 saturated heterocycles. The first-order chi connectivity index (χ1) is 13.4. The van der Waals surface area contributed by atoms with Crippen molar-refractivity contribution in [1.82, 2.24) is 15.0 Å². The van der Waals surface area contributed by atoms with Crippen molar-refractivity contribution < 1.29 is 0 Å². The predicted molar refractivity (Wildman–Crippen MR) is 108 cm³/mol. The Bertz CT molecular complexity index is 1020. The van der Waals surface area contributed by atoms with Gasteiger partial charge in [0.15, 0.2) is 11.6 Å². The molecule has 0 aliphatic carbocycles. The second-order valence-corrected chi connectivity index (χ2v) is 6.55. The highest BCUT2D eigenvalue weighted by atomic mass is 15.3. The van der Waals surface area contributed by atoms with Crippen molar-refractivity contribution in [3.05, 3.63) is 90.5 Å². The summed E-state index contributed by atoms with van der Waals surface area (Å²) in [6.45, 7) is 0.881. The van der Waals surface area contributed by atoms with E-state index in [-0.39, 0.29) is 0 Å². The normalized spacial score (nSPS) is 12.8. The Labute approximate surface area is 158 Å². The number of hydrogen-bond donors (Lipinski definition) is 0. The molecular formula is C23H18N4. The van der Waals surface area contributed by atoms with Crippen molar-refractivity contribution in [2.24, 2.45) is 0 Å². The van der Waals surface area contributed by atoms with Crippen molar-refractivity contribution in [1.29, 1.82) is 0 Å². The van der Waals surface area contributed by atoms with Crippen molar-refractivity contribution in [2.45, 2.75) is 6.42 Å². The summed E-state index contributed by atoms with van der Waals surface area (Å²) in [5, 5.41) is 0. The van der Waals surface area contributed by atoms with Crippen LogP contribution in [-0.2, 0) is 6.42 Å². The third-order valence-electron chi connectivity index (χ3n) is 4.82. The first-order valence-corrected chi connectivity index (χ1v) is 9.11. The maximum atomic E-state index is 4.81. The maximum absolute atomic E-state index is 4.81. The van der Waals surface area contributed by atoms with Crippen LogP contribution in [0.25, 0.3) is 22.8 Å². The van der Waals surface area contributed by atoms with Gasteiger partial charge >= 0.3 is 0 Å². The largest absolute Gasteiger partial charge is 0.310 e. The summed E-state index contributed by atoms with van der Waals surface area (Å²) in [5.74, 6) is 2.10. The minimum Gasteiger partial charge on any atom is -0.310 e. The Kier molecular flexibility index (Phi) is 3.87. The molecule has 5 rings (SSSR count). The SMILES string of the molecule is c1ccc(-c2nc(-c3ccccc3)nc(N3CCc4ccccc43)n2)cc1. The molecule has 2 heterocycles. The third kappa shape index (κ3) is 2.95. The van der Waals surface area contributed by atoms with E-state index in [1.807, 2.05) is 60.7 Å². The van der Waals surface area contributed by atoms with Crippen molar-refractivity contribution >= 4 is 11.6 Å². The lowest BCUT2D eigenvalue weighted by atomic mass is 10.2. The van der Waals surface area contributed by atoms with Gasteiger partial charge in [0.25, 0.3) is 0 Å². The van der Waals surface area contributed by atoms with Gasteiger partial charge in [-0.15, -0.1) is 0 Å². The number of para-hydroxylation sites is 1. The van der Waals surface area contributed by atoms with Gasteiger partial charge in [-0.05, 0) is 18.1 Å². The van der Waals surface area contributed by atoms with E-state index >= 15 is 0 Å². The van der Waals surface area contributed by atoms with Crippen LogP contribution in [0.15, 0.2) is 84.9 Å². The average molecular weight is 350 g/mol. The van der Waals surface area contributed by atoms with Gasteiger partial charge in [-0.25, -0.2) is 4.98 Å². The number of hydrogen-bond acceptors (Lipinski definition) is 4. The molecule has 0 spiro atoms. The van der Waals surface area contributed by atoms with Crippen LogP contribution in [0.5, 0.6) is 0 Å². The van der Waals surface area contributed by atoms with Gasteiger partial charge in [0, 0.05) is 23.4 Å². The fourth-order valence-electron chi connectivity index (χ4n) is 3.46. The van der Waals surface area contributed by atoms with Gasteiger partial charge in [-0.2, -0.15) is 9.97 Å². The Morgan fingerprint density at radius 1 is 0.593 bits per heavy atom. The maximum Gasteiger partial charge on any atom is 0.234 e. The number of rotatable bonds is 3. The van der Waals surface area contributed by atoms with Crippen LogP contribution < -0.4 is 4.90 Å². The van der Waals surface area contributed by atoms with Gasteiger partial charge < -0.3 is 4.90 Å². The summed E-state index contributed by atoms with van der Waals surface area (Å²) in [7, 11) is 0. The molecule has 4 aromatic rings. The molecule has 0 bridgehead atoms. The van der Waals surface area contributed by atoms with E-state index in [1.165, 1.54) is 11.3 Å². The quantitative estimate of drug-likeness (QED) is 0.527. The first kappa shape index (κ1) is 15.7. The zero-order valence-corrected chi connectivity index (χ0v) is 14.8. The van der Waals surface area contributed by atoms with Crippen molar-refractivity contribution in [3.8, 4) is 22.8 Å². The highest BCUT2D eigenvalue weighted by Gasteiger charge is 2.23. The van der Waals surface area contributed by atoms with Crippen LogP contribution in [0.4, 0.5) is 11.6 Å². The van der Waals surface area contributed by atoms with E-state index in [0.29, 0.717) is 17.6 Å². The van der Waals surface area contributed by atoms with Gasteiger partial charge in [0.05, 0.1) is 0 Å². The van der Waals surface area contributed by atoms with E-state index in [0.717, 1.165) is 24.1 Å². The molecular weight excluding hydrogens is 332 g/mol. The summed E-state index contributed by atoms with van der Waals surface area (Å²) < 4.78 is 0. The fraction of sp³-hybridized carbons (Fsp3) is 0.0870. The third-order valence-corrected chi connectivity index (χ3v) is 4.82. The Hall–Kier alpha value is -3.53. The van der Waals surface area contributed by atoms with Crippen LogP contribution in [-0.4, -0.2) is 21.5 Å². The minimum absolute atomic E-state index is 0.698. The molecule has 1 aromatic heterocycles.